The van der Waals surface area contributed by atoms with E-state index in [9.17, 15) is 19.5 Å². The van der Waals surface area contributed by atoms with Gasteiger partial charge in [-0.2, -0.15) is 4.79 Å². The lowest BCUT2D eigenvalue weighted by atomic mass is 10.1. The Morgan fingerprint density at radius 3 is 2.46 bits per heavy atom. The number of methoxy groups -OCH3 is 1. The summed E-state index contributed by atoms with van der Waals surface area (Å²) in [6, 6.07) is 4.68. The number of carbonyl (C=O) groups excluding carboxylic acids is 2. The highest BCUT2D eigenvalue weighted by atomic mass is 16.5. The fraction of sp³-hybridized carbons (Fsp3) is 0.333. The molecule has 2 atom stereocenters. The lowest BCUT2D eigenvalue weighted by Crippen LogP contribution is -2.43. The average molecular weight is 335 g/mol. The van der Waals surface area contributed by atoms with Gasteiger partial charge in [0.1, 0.15) is 11.8 Å². The summed E-state index contributed by atoms with van der Waals surface area (Å²) in [5.74, 6) is -2.30. The molecule has 1 amide bonds. The third-order valence-electron chi connectivity index (χ3n) is 3.18. The Hall–Kier alpha value is -3.03. The van der Waals surface area contributed by atoms with Crippen molar-refractivity contribution >= 4 is 23.9 Å². The van der Waals surface area contributed by atoms with Gasteiger partial charge in [0.15, 0.2) is 6.10 Å². The van der Waals surface area contributed by atoms with E-state index in [4.69, 9.17) is 15.4 Å². The summed E-state index contributed by atoms with van der Waals surface area (Å²) in [5, 5.41) is 21.2. The summed E-state index contributed by atoms with van der Waals surface area (Å²) in [4.78, 5) is 36.9. The molecule has 0 aliphatic rings. The monoisotopic (exact) mass is 335 g/mol. The van der Waals surface area contributed by atoms with Gasteiger partial charge in [0.05, 0.1) is 7.11 Å². The molecule has 24 heavy (non-hydrogen) atoms. The number of benzene rings is 1. The van der Waals surface area contributed by atoms with Crippen LogP contribution in [0, 0.1) is 0 Å². The Morgan fingerprint density at radius 2 is 1.96 bits per heavy atom. The molecule has 0 aromatic heterocycles. The Kier molecular flexibility index (Phi) is 7.28. The van der Waals surface area contributed by atoms with Crippen molar-refractivity contribution in [3.05, 3.63) is 35.4 Å². The summed E-state index contributed by atoms with van der Waals surface area (Å²) in [5.41, 5.74) is 8.48. The van der Waals surface area contributed by atoms with E-state index in [1.54, 1.807) is 12.1 Å². The summed E-state index contributed by atoms with van der Waals surface area (Å²) in [7, 11) is 1.47. The molecule has 9 heteroatoms. The van der Waals surface area contributed by atoms with E-state index in [-0.39, 0.29) is 18.4 Å². The number of aliphatic hydroxyl groups excluding tert-OH is 1. The van der Waals surface area contributed by atoms with Gasteiger partial charge in [0.25, 0.3) is 5.91 Å². The predicted octanol–water partition coefficient (Wildman–Crippen LogP) is -0.0521. The number of carboxylic acid groups (broad SMARTS) is 1. The van der Waals surface area contributed by atoms with Crippen LogP contribution in [0.15, 0.2) is 24.3 Å². The van der Waals surface area contributed by atoms with E-state index in [2.05, 4.69) is 10.1 Å². The van der Waals surface area contributed by atoms with Crippen molar-refractivity contribution in [2.45, 2.75) is 25.0 Å². The molecule has 128 valence electrons. The van der Waals surface area contributed by atoms with Crippen molar-refractivity contribution in [3.63, 3.8) is 0 Å². The van der Waals surface area contributed by atoms with Gasteiger partial charge in [-0.05, 0) is 24.1 Å². The number of carbonyl (C=O) groups is 3. The molecule has 0 bridgehead atoms. The largest absolute Gasteiger partial charge is 0.497 e. The summed E-state index contributed by atoms with van der Waals surface area (Å²) in [6.45, 7) is 0. The Labute approximate surface area is 137 Å². The highest BCUT2D eigenvalue weighted by Gasteiger charge is 2.25. The number of nitrogens with zero attached hydrogens (tertiary/aromatic N) is 2. The number of rotatable bonds is 9. The number of hydrogen-bond donors (Lipinski definition) is 3. The van der Waals surface area contributed by atoms with E-state index in [1.807, 2.05) is 0 Å². The van der Waals surface area contributed by atoms with Crippen molar-refractivity contribution in [2.75, 3.05) is 7.11 Å². The molecular weight excluding hydrogens is 318 g/mol. The second-order valence-corrected chi connectivity index (χ2v) is 4.82. The fourth-order valence-electron chi connectivity index (χ4n) is 1.86. The molecule has 1 aromatic carbocycles. The van der Waals surface area contributed by atoms with Crippen LogP contribution in [-0.4, -0.2) is 52.0 Å². The SMILES string of the molecule is COc1ccc([C@H](O)C(=O)N[C@@H](CCC(=O)C=[N+]=[N-])C(=O)O)cc1. The zero-order chi connectivity index (χ0) is 18.1. The Balaban J connectivity index is 2.70. The van der Waals surface area contributed by atoms with Crippen LogP contribution in [0.2, 0.25) is 0 Å². The van der Waals surface area contributed by atoms with Crippen molar-refractivity contribution in [1.82, 2.24) is 5.32 Å². The molecule has 0 saturated carbocycles. The maximum atomic E-state index is 12.0. The topological polar surface area (TPSA) is 149 Å². The first-order valence-electron chi connectivity index (χ1n) is 6.94. The number of carboxylic acids is 1. The number of ether oxygens (including phenoxy) is 1. The maximum Gasteiger partial charge on any atom is 0.326 e. The van der Waals surface area contributed by atoms with E-state index in [0.29, 0.717) is 12.0 Å². The van der Waals surface area contributed by atoms with Gasteiger partial charge in [-0.15, -0.1) is 0 Å². The van der Waals surface area contributed by atoms with Crippen LogP contribution in [0.5, 0.6) is 5.75 Å². The van der Waals surface area contributed by atoms with Gasteiger partial charge in [-0.25, -0.2) is 4.79 Å². The second-order valence-electron chi connectivity index (χ2n) is 4.82. The molecule has 1 aromatic rings. The third kappa shape index (κ3) is 5.64. The first kappa shape index (κ1) is 19.0. The van der Waals surface area contributed by atoms with Crippen molar-refractivity contribution < 1.29 is 34.1 Å². The molecule has 0 spiro atoms. The minimum absolute atomic E-state index is 0.207. The van der Waals surface area contributed by atoms with Gasteiger partial charge >= 0.3 is 12.2 Å². The molecular formula is C15H17N3O6. The van der Waals surface area contributed by atoms with Crippen molar-refractivity contribution in [2.24, 2.45) is 0 Å². The van der Waals surface area contributed by atoms with Crippen LogP contribution < -0.4 is 10.1 Å². The quantitative estimate of drug-likeness (QED) is 0.327. The normalized spacial score (nSPS) is 12.4. The van der Waals surface area contributed by atoms with E-state index < -0.39 is 29.8 Å². The lowest BCUT2D eigenvalue weighted by Gasteiger charge is -2.17. The summed E-state index contributed by atoms with van der Waals surface area (Å²) in [6.07, 6.45) is -1.36. The van der Waals surface area contributed by atoms with E-state index in [1.165, 1.54) is 19.2 Å². The third-order valence-corrected chi connectivity index (χ3v) is 3.18. The predicted molar refractivity (Wildman–Crippen MR) is 81.4 cm³/mol. The van der Waals surface area contributed by atoms with Crippen LogP contribution in [-0.2, 0) is 14.4 Å². The Morgan fingerprint density at radius 1 is 1.33 bits per heavy atom. The summed E-state index contributed by atoms with van der Waals surface area (Å²) < 4.78 is 4.96. The van der Waals surface area contributed by atoms with Gasteiger partial charge < -0.3 is 25.8 Å². The van der Waals surface area contributed by atoms with Crippen LogP contribution >= 0.6 is 0 Å². The minimum atomic E-state index is -1.56. The smallest absolute Gasteiger partial charge is 0.326 e. The number of hydrogen-bond acceptors (Lipinski definition) is 5. The first-order chi connectivity index (χ1) is 11.4. The van der Waals surface area contributed by atoms with E-state index >= 15 is 0 Å². The molecule has 0 aliphatic heterocycles. The molecule has 3 N–H and O–H groups in total. The molecule has 0 aliphatic carbocycles. The number of aliphatic carboxylic acids is 1. The molecule has 0 saturated heterocycles. The lowest BCUT2D eigenvalue weighted by molar-refractivity contribution is -0.143. The molecule has 0 fully saturated rings. The highest BCUT2D eigenvalue weighted by molar-refractivity contribution is 6.25. The number of Topliss-reactive ketones (excluding diaryl/α,β-unsaturated/α-hetero) is 1. The van der Waals surface area contributed by atoms with Crippen LogP contribution in [0.3, 0.4) is 0 Å². The maximum absolute atomic E-state index is 12.0. The van der Waals surface area contributed by atoms with E-state index in [0.717, 1.165) is 0 Å². The number of aliphatic hydroxyl groups is 1. The molecule has 9 nitrogen and oxygen atoms in total. The number of amides is 1. The standard InChI is InChI=1S/C15H17N3O6/c1-24-11-5-2-9(3-6-11)13(20)14(21)18-12(15(22)23)7-4-10(19)8-17-16/h2-3,5-6,8,12-13,20H,4,7H2,1H3,(H,18,21)(H,22,23)/t12-,13-/m0/s1. The molecule has 0 heterocycles. The fourth-order valence-corrected chi connectivity index (χ4v) is 1.86. The van der Waals surface area contributed by atoms with Crippen molar-refractivity contribution in [1.29, 1.82) is 0 Å². The zero-order valence-corrected chi connectivity index (χ0v) is 12.9. The number of ketones is 1. The van der Waals surface area contributed by atoms with Gasteiger partial charge in [0, 0.05) is 6.42 Å². The molecule has 0 radical (unpaired) electrons. The van der Waals surface area contributed by atoms with Crippen molar-refractivity contribution in [3.8, 4) is 5.75 Å². The minimum Gasteiger partial charge on any atom is -0.497 e. The average Bonchev–Trinajstić information content (AvgIpc) is 2.57. The van der Waals surface area contributed by atoms with Crippen LogP contribution in [0.25, 0.3) is 5.53 Å². The molecule has 1 rings (SSSR count). The van der Waals surface area contributed by atoms with Crippen LogP contribution in [0.4, 0.5) is 0 Å². The summed E-state index contributed by atoms with van der Waals surface area (Å²) >= 11 is 0. The Bertz CT molecular complexity index is 652. The zero-order valence-electron chi connectivity index (χ0n) is 12.9. The second kappa shape index (κ2) is 9.19. The van der Waals surface area contributed by atoms with Gasteiger partial charge in [-0.3, -0.25) is 9.59 Å². The van der Waals surface area contributed by atoms with Crippen LogP contribution in [0.1, 0.15) is 24.5 Å². The highest BCUT2D eigenvalue weighted by Crippen LogP contribution is 2.18. The molecule has 0 unspecified atom stereocenters. The number of nitrogens with one attached hydrogen (secondary N) is 1. The van der Waals surface area contributed by atoms with Gasteiger partial charge in [-0.1, -0.05) is 12.1 Å². The van der Waals surface area contributed by atoms with Gasteiger partial charge in [0.2, 0.25) is 5.78 Å². The first-order valence-corrected chi connectivity index (χ1v) is 6.94.